The summed E-state index contributed by atoms with van der Waals surface area (Å²) >= 11 is 1.54. The van der Waals surface area contributed by atoms with E-state index in [0.717, 1.165) is 16.9 Å². The average molecular weight is 422 g/mol. The number of nitrogens with two attached hydrogens (primary N) is 1. The van der Waals surface area contributed by atoms with Crippen molar-refractivity contribution < 1.29 is 9.53 Å². The number of thioether (sulfide) groups is 1. The molecular weight excluding hydrogens is 398 g/mol. The van der Waals surface area contributed by atoms with Crippen LogP contribution in [-0.4, -0.2) is 26.4 Å². The molecule has 0 saturated heterocycles. The fourth-order valence-corrected chi connectivity index (χ4v) is 4.02. The Kier molecular flexibility index (Phi) is 5.76. The molecule has 7 nitrogen and oxygen atoms in total. The highest BCUT2D eigenvalue weighted by Crippen LogP contribution is 2.36. The molecule has 4 rings (SSSR count). The minimum absolute atomic E-state index is 0.458. The number of hydrogen-bond donors (Lipinski definition) is 2. The lowest BCUT2D eigenvalue weighted by Gasteiger charge is -2.27. The number of fused-ring (bicyclic) bond motifs is 1. The number of hydrogen-bond acceptors (Lipinski definition) is 6. The Balaban J connectivity index is 1.69. The van der Waals surface area contributed by atoms with E-state index >= 15 is 0 Å². The quantitative estimate of drug-likeness (QED) is 0.564. The topological polar surface area (TPSA) is 95.1 Å². The molecule has 154 valence electrons. The van der Waals surface area contributed by atoms with Gasteiger partial charge in [-0.15, -0.1) is 5.10 Å². The van der Waals surface area contributed by atoms with Gasteiger partial charge in [-0.05, 0) is 35.9 Å². The fraction of sp³-hybridized carbons (Fsp3) is 0.227. The number of nitrogens with zero attached hydrogens (tertiary/aromatic N) is 3. The summed E-state index contributed by atoms with van der Waals surface area (Å²) in [5.41, 5.74) is 8.82. The number of nitrogens with one attached hydrogen (secondary N) is 1. The van der Waals surface area contributed by atoms with Gasteiger partial charge in [0.15, 0.2) is 0 Å². The minimum atomic E-state index is -0.494. The van der Waals surface area contributed by atoms with Crippen LogP contribution in [0.15, 0.2) is 71.0 Å². The predicted octanol–water partition coefficient (Wildman–Crippen LogP) is 3.74. The molecule has 2 heterocycles. The van der Waals surface area contributed by atoms with E-state index in [2.05, 4.69) is 15.4 Å². The van der Waals surface area contributed by atoms with Crippen molar-refractivity contribution in [2.24, 2.45) is 5.73 Å². The molecule has 1 amide bonds. The second kappa shape index (κ2) is 8.62. The number of aromatic nitrogens is 3. The molecule has 1 unspecified atom stereocenters. The van der Waals surface area contributed by atoms with E-state index in [1.165, 1.54) is 0 Å². The number of benzene rings is 2. The van der Waals surface area contributed by atoms with Gasteiger partial charge in [-0.1, -0.05) is 61.2 Å². The van der Waals surface area contributed by atoms with Crippen molar-refractivity contribution in [1.82, 2.24) is 14.8 Å². The van der Waals surface area contributed by atoms with Gasteiger partial charge < -0.3 is 15.8 Å². The monoisotopic (exact) mass is 421 g/mol. The average Bonchev–Trinajstić information content (AvgIpc) is 3.14. The van der Waals surface area contributed by atoms with Crippen LogP contribution in [0.1, 0.15) is 31.0 Å². The smallest absolute Gasteiger partial charge is 0.248 e. The standard InChI is InChI=1S/C22H23N5O2S/c1-3-30-22-25-21-24-14(2)18(20(23)28)19(27(21)26-22)16-10-7-11-17(12-16)29-13-15-8-5-4-6-9-15/h4-12,19H,3,13H2,1-2H3,(H2,23,28)(H,24,25,26). The number of ether oxygens (including phenoxy) is 1. The Labute approximate surface area is 179 Å². The fourth-order valence-electron chi connectivity index (χ4n) is 3.46. The second-order valence-electron chi connectivity index (χ2n) is 6.87. The van der Waals surface area contributed by atoms with Gasteiger partial charge in [0.1, 0.15) is 18.4 Å². The number of rotatable bonds is 7. The van der Waals surface area contributed by atoms with Gasteiger partial charge in [0, 0.05) is 5.70 Å². The molecule has 1 aliphatic heterocycles. The molecule has 0 bridgehead atoms. The molecule has 3 N–H and O–H groups in total. The third kappa shape index (κ3) is 4.04. The van der Waals surface area contributed by atoms with Crippen LogP contribution in [0.4, 0.5) is 5.95 Å². The van der Waals surface area contributed by atoms with Crippen molar-refractivity contribution in [2.75, 3.05) is 11.1 Å². The van der Waals surface area contributed by atoms with Crippen molar-refractivity contribution >= 4 is 23.6 Å². The highest BCUT2D eigenvalue weighted by atomic mass is 32.2. The van der Waals surface area contributed by atoms with E-state index in [-0.39, 0.29) is 0 Å². The van der Waals surface area contributed by atoms with Crippen LogP contribution < -0.4 is 15.8 Å². The first-order valence-corrected chi connectivity index (χ1v) is 10.7. The normalized spacial score (nSPS) is 15.5. The first-order valence-electron chi connectivity index (χ1n) is 9.70. The maximum Gasteiger partial charge on any atom is 0.248 e. The zero-order chi connectivity index (χ0) is 21.1. The van der Waals surface area contributed by atoms with Crippen LogP contribution in [-0.2, 0) is 11.4 Å². The summed E-state index contributed by atoms with van der Waals surface area (Å²) in [5.74, 6) is 1.66. The van der Waals surface area contributed by atoms with E-state index < -0.39 is 11.9 Å². The number of carbonyl (C=O) groups is 1. The minimum Gasteiger partial charge on any atom is -0.489 e. The Hall–Kier alpha value is -3.26. The molecule has 1 aromatic heterocycles. The summed E-state index contributed by atoms with van der Waals surface area (Å²) in [7, 11) is 0. The summed E-state index contributed by atoms with van der Waals surface area (Å²) in [6.45, 7) is 4.33. The molecule has 2 aromatic carbocycles. The molecule has 8 heteroatoms. The van der Waals surface area contributed by atoms with Crippen LogP contribution in [0.5, 0.6) is 5.75 Å². The van der Waals surface area contributed by atoms with Gasteiger partial charge in [0.05, 0.1) is 5.57 Å². The molecular formula is C22H23N5O2S. The van der Waals surface area contributed by atoms with E-state index in [9.17, 15) is 4.79 Å². The first kappa shape index (κ1) is 20.0. The van der Waals surface area contributed by atoms with Crippen LogP contribution in [0.3, 0.4) is 0 Å². The van der Waals surface area contributed by atoms with Crippen LogP contribution in [0.25, 0.3) is 0 Å². The number of primary amides is 1. The lowest BCUT2D eigenvalue weighted by atomic mass is 9.95. The summed E-state index contributed by atoms with van der Waals surface area (Å²) < 4.78 is 7.70. The van der Waals surface area contributed by atoms with Gasteiger partial charge >= 0.3 is 0 Å². The highest BCUT2D eigenvalue weighted by molar-refractivity contribution is 7.99. The third-order valence-electron chi connectivity index (χ3n) is 4.79. The summed E-state index contributed by atoms with van der Waals surface area (Å²) in [5, 5.41) is 8.42. The first-order chi connectivity index (χ1) is 14.6. The number of amides is 1. The molecule has 1 atom stereocenters. The van der Waals surface area contributed by atoms with Gasteiger partial charge in [0.2, 0.25) is 17.0 Å². The zero-order valence-electron chi connectivity index (χ0n) is 16.8. The molecule has 1 aliphatic rings. The Morgan fingerprint density at radius 2 is 2.03 bits per heavy atom. The summed E-state index contributed by atoms with van der Waals surface area (Å²) in [6.07, 6.45) is 0. The van der Waals surface area contributed by atoms with Crippen LogP contribution >= 0.6 is 11.8 Å². The summed E-state index contributed by atoms with van der Waals surface area (Å²) in [4.78, 5) is 16.9. The Morgan fingerprint density at radius 3 is 2.77 bits per heavy atom. The molecule has 3 aromatic rings. The Bertz CT molecular complexity index is 1090. The lowest BCUT2D eigenvalue weighted by molar-refractivity contribution is -0.115. The molecule has 0 saturated carbocycles. The number of anilines is 1. The SMILES string of the molecule is CCSc1nc2n(n1)C(c1cccc(OCc3ccccc3)c1)C(C(N)=O)=C(C)N2. The second-order valence-corrected chi connectivity index (χ2v) is 8.10. The van der Waals surface area contributed by atoms with Crippen molar-refractivity contribution in [1.29, 1.82) is 0 Å². The van der Waals surface area contributed by atoms with E-state index in [1.54, 1.807) is 16.4 Å². The summed E-state index contributed by atoms with van der Waals surface area (Å²) in [6, 6.07) is 17.2. The molecule has 0 spiro atoms. The number of carbonyl (C=O) groups excluding carboxylic acids is 1. The van der Waals surface area contributed by atoms with Crippen LogP contribution in [0, 0.1) is 0 Å². The third-order valence-corrected chi connectivity index (χ3v) is 5.51. The zero-order valence-corrected chi connectivity index (χ0v) is 17.6. The van der Waals surface area contributed by atoms with Gasteiger partial charge in [0.25, 0.3) is 0 Å². The van der Waals surface area contributed by atoms with Gasteiger partial charge in [-0.25, -0.2) is 4.68 Å². The maximum atomic E-state index is 12.3. The van der Waals surface area contributed by atoms with E-state index in [4.69, 9.17) is 10.5 Å². The molecule has 0 fully saturated rings. The highest BCUT2D eigenvalue weighted by Gasteiger charge is 2.33. The number of allylic oxidation sites excluding steroid dienone is 1. The van der Waals surface area contributed by atoms with Crippen molar-refractivity contribution in [3.63, 3.8) is 0 Å². The van der Waals surface area contributed by atoms with Crippen LogP contribution in [0.2, 0.25) is 0 Å². The molecule has 0 radical (unpaired) electrons. The molecule has 30 heavy (non-hydrogen) atoms. The largest absolute Gasteiger partial charge is 0.489 e. The van der Waals surface area contributed by atoms with Crippen molar-refractivity contribution in [2.45, 2.75) is 31.7 Å². The van der Waals surface area contributed by atoms with Crippen molar-refractivity contribution in [3.05, 3.63) is 77.0 Å². The van der Waals surface area contributed by atoms with Gasteiger partial charge in [-0.2, -0.15) is 4.98 Å². The van der Waals surface area contributed by atoms with Crippen molar-refractivity contribution in [3.8, 4) is 5.75 Å². The van der Waals surface area contributed by atoms with E-state index in [1.807, 2.05) is 68.4 Å². The van der Waals surface area contributed by atoms with E-state index in [0.29, 0.717) is 34.7 Å². The Morgan fingerprint density at radius 1 is 1.23 bits per heavy atom. The predicted molar refractivity (Wildman–Crippen MR) is 117 cm³/mol. The maximum absolute atomic E-state index is 12.3. The van der Waals surface area contributed by atoms with Gasteiger partial charge in [-0.3, -0.25) is 4.79 Å². The lowest BCUT2D eigenvalue weighted by Crippen LogP contribution is -2.31. The molecule has 0 aliphatic carbocycles.